The molecule has 152 valence electrons. The second-order valence-corrected chi connectivity index (χ2v) is 7.85. The molecule has 0 spiro atoms. The molecule has 0 amide bonds. The molecule has 3 aromatic rings. The lowest BCUT2D eigenvalue weighted by Gasteiger charge is -2.17. The van der Waals surface area contributed by atoms with Gasteiger partial charge < -0.3 is 14.8 Å². The maximum absolute atomic E-state index is 6.50. The predicted octanol–water partition coefficient (Wildman–Crippen LogP) is 7.89. The minimum Gasteiger partial charge on any atom is -0.490 e. The fourth-order valence-electron chi connectivity index (χ4n) is 2.71. The summed E-state index contributed by atoms with van der Waals surface area (Å²) in [4.78, 5) is 0. The Bertz CT molecular complexity index is 957. The number of benzene rings is 3. The molecule has 0 radical (unpaired) electrons. The maximum atomic E-state index is 6.50. The maximum Gasteiger partial charge on any atom is 0.180 e. The zero-order valence-corrected chi connectivity index (χ0v) is 18.7. The smallest absolute Gasteiger partial charge is 0.180 e. The van der Waals surface area contributed by atoms with E-state index in [4.69, 9.17) is 55.9 Å². The van der Waals surface area contributed by atoms with Crippen molar-refractivity contribution in [2.45, 2.75) is 20.1 Å². The molecule has 0 aliphatic rings. The molecular formula is C22H19Cl4NO2. The van der Waals surface area contributed by atoms with Gasteiger partial charge in [0.25, 0.3) is 0 Å². The van der Waals surface area contributed by atoms with Crippen LogP contribution >= 0.6 is 46.4 Å². The second-order valence-electron chi connectivity index (χ2n) is 6.19. The number of halogens is 4. The molecule has 0 saturated carbocycles. The summed E-state index contributed by atoms with van der Waals surface area (Å²) in [5.41, 5.74) is 2.61. The van der Waals surface area contributed by atoms with Crippen LogP contribution in [0.4, 0.5) is 5.69 Å². The van der Waals surface area contributed by atoms with Crippen LogP contribution in [-0.2, 0) is 13.2 Å². The summed E-state index contributed by atoms with van der Waals surface area (Å²) < 4.78 is 11.7. The van der Waals surface area contributed by atoms with Crippen LogP contribution in [-0.4, -0.2) is 6.61 Å². The Morgan fingerprint density at radius 3 is 2.17 bits per heavy atom. The lowest BCUT2D eigenvalue weighted by atomic mass is 10.2. The molecule has 0 saturated heterocycles. The fourth-order valence-corrected chi connectivity index (χ4v) is 3.63. The van der Waals surface area contributed by atoms with Gasteiger partial charge >= 0.3 is 0 Å². The van der Waals surface area contributed by atoms with Gasteiger partial charge in [0.15, 0.2) is 11.5 Å². The third kappa shape index (κ3) is 5.86. The molecule has 3 rings (SSSR count). The second kappa shape index (κ2) is 10.3. The molecule has 3 nitrogen and oxygen atoms in total. The Hall–Kier alpha value is -1.78. The van der Waals surface area contributed by atoms with Crippen molar-refractivity contribution in [2.24, 2.45) is 0 Å². The van der Waals surface area contributed by atoms with Crippen LogP contribution in [0.3, 0.4) is 0 Å². The number of hydrogen-bond donors (Lipinski definition) is 1. The van der Waals surface area contributed by atoms with Crippen LogP contribution in [0.15, 0.2) is 54.6 Å². The molecule has 0 unspecified atom stereocenters. The van der Waals surface area contributed by atoms with Gasteiger partial charge in [-0.2, -0.15) is 0 Å². The van der Waals surface area contributed by atoms with Gasteiger partial charge in [-0.25, -0.2) is 0 Å². The predicted molar refractivity (Wildman–Crippen MR) is 122 cm³/mol. The topological polar surface area (TPSA) is 30.5 Å². The van der Waals surface area contributed by atoms with E-state index in [0.717, 1.165) is 11.3 Å². The molecule has 7 heteroatoms. The zero-order valence-electron chi connectivity index (χ0n) is 15.6. The minimum absolute atomic E-state index is 0.181. The van der Waals surface area contributed by atoms with Crippen molar-refractivity contribution in [2.75, 3.05) is 11.9 Å². The number of nitrogens with one attached hydrogen (secondary N) is 1. The highest BCUT2D eigenvalue weighted by atomic mass is 35.5. The van der Waals surface area contributed by atoms with Crippen LogP contribution < -0.4 is 14.8 Å². The summed E-state index contributed by atoms with van der Waals surface area (Å²) in [6, 6.07) is 16.6. The molecular weight excluding hydrogens is 452 g/mol. The van der Waals surface area contributed by atoms with E-state index in [1.165, 1.54) is 0 Å². The van der Waals surface area contributed by atoms with Crippen molar-refractivity contribution in [3.63, 3.8) is 0 Å². The first-order valence-electron chi connectivity index (χ1n) is 8.98. The van der Waals surface area contributed by atoms with E-state index in [1.54, 1.807) is 18.2 Å². The van der Waals surface area contributed by atoms with Gasteiger partial charge in [0.05, 0.1) is 11.6 Å². The lowest BCUT2D eigenvalue weighted by molar-refractivity contribution is 0.269. The van der Waals surface area contributed by atoms with Crippen molar-refractivity contribution in [3.8, 4) is 11.5 Å². The molecule has 0 fully saturated rings. The molecule has 29 heavy (non-hydrogen) atoms. The van der Waals surface area contributed by atoms with E-state index in [1.807, 2.05) is 43.3 Å². The monoisotopic (exact) mass is 469 g/mol. The summed E-state index contributed by atoms with van der Waals surface area (Å²) in [6.07, 6.45) is 0. The number of hydrogen-bond acceptors (Lipinski definition) is 3. The van der Waals surface area contributed by atoms with Gasteiger partial charge in [0.2, 0.25) is 0 Å². The first-order valence-corrected chi connectivity index (χ1v) is 10.5. The molecule has 3 aromatic carbocycles. The van der Waals surface area contributed by atoms with Gasteiger partial charge in [0.1, 0.15) is 6.61 Å². The average molecular weight is 471 g/mol. The van der Waals surface area contributed by atoms with Gasteiger partial charge in [0, 0.05) is 32.9 Å². The molecule has 1 N–H and O–H groups in total. The van der Waals surface area contributed by atoms with Crippen molar-refractivity contribution in [1.29, 1.82) is 0 Å². The largest absolute Gasteiger partial charge is 0.490 e. The fraction of sp³-hybridized carbons (Fsp3) is 0.182. The quantitative estimate of drug-likeness (QED) is 0.363. The third-order valence-electron chi connectivity index (χ3n) is 4.13. The molecule has 0 atom stereocenters. The van der Waals surface area contributed by atoms with E-state index < -0.39 is 0 Å². The van der Waals surface area contributed by atoms with Gasteiger partial charge in [-0.1, -0.05) is 52.5 Å². The molecule has 0 bridgehead atoms. The van der Waals surface area contributed by atoms with Crippen LogP contribution in [0.2, 0.25) is 20.1 Å². The highest BCUT2D eigenvalue weighted by molar-refractivity contribution is 6.36. The van der Waals surface area contributed by atoms with Gasteiger partial charge in [-0.05, 0) is 61.0 Å². The van der Waals surface area contributed by atoms with Gasteiger partial charge in [-0.3, -0.25) is 0 Å². The number of anilines is 1. The SMILES string of the molecule is CCOc1cc(CNc2ccc(Cl)cc2)cc(Cl)c1OCc1c(Cl)cccc1Cl. The standard InChI is InChI=1S/C22H19Cl4NO2/c1-2-28-21-11-14(12-27-16-8-6-15(23)7-9-16)10-20(26)22(21)29-13-17-18(24)4-3-5-19(17)25/h3-11,27H,2,12-13H2,1H3. The van der Waals surface area contributed by atoms with Crippen molar-refractivity contribution < 1.29 is 9.47 Å². The van der Waals surface area contributed by atoms with Gasteiger partial charge in [-0.15, -0.1) is 0 Å². The zero-order chi connectivity index (χ0) is 20.8. The Labute approximate surface area is 190 Å². The number of rotatable bonds is 8. The molecule has 0 aliphatic carbocycles. The summed E-state index contributed by atoms with van der Waals surface area (Å²) in [5.74, 6) is 1.02. The van der Waals surface area contributed by atoms with Crippen LogP contribution in [0, 0.1) is 0 Å². The van der Waals surface area contributed by atoms with E-state index in [-0.39, 0.29) is 6.61 Å². The number of ether oxygens (including phenoxy) is 2. The summed E-state index contributed by atoms with van der Waals surface area (Å²) in [6.45, 7) is 3.13. The highest BCUT2D eigenvalue weighted by Crippen LogP contribution is 2.38. The molecule has 0 heterocycles. The van der Waals surface area contributed by atoms with Crippen molar-refractivity contribution in [3.05, 3.63) is 85.8 Å². The van der Waals surface area contributed by atoms with Crippen molar-refractivity contribution >= 4 is 52.1 Å². The first-order chi connectivity index (χ1) is 14.0. The summed E-state index contributed by atoms with van der Waals surface area (Å²) >= 11 is 24.9. The normalized spacial score (nSPS) is 10.7. The average Bonchev–Trinajstić information content (AvgIpc) is 2.69. The highest BCUT2D eigenvalue weighted by Gasteiger charge is 2.15. The summed E-state index contributed by atoms with van der Waals surface area (Å²) in [7, 11) is 0. The Morgan fingerprint density at radius 2 is 1.52 bits per heavy atom. The van der Waals surface area contributed by atoms with E-state index >= 15 is 0 Å². The Kier molecular flexibility index (Phi) is 7.79. The molecule has 0 aromatic heterocycles. The van der Waals surface area contributed by atoms with E-state index in [2.05, 4.69) is 5.32 Å². The van der Waals surface area contributed by atoms with Crippen LogP contribution in [0.25, 0.3) is 0 Å². The summed E-state index contributed by atoms with van der Waals surface area (Å²) in [5, 5.41) is 5.55. The molecule has 0 aliphatic heterocycles. The lowest BCUT2D eigenvalue weighted by Crippen LogP contribution is -2.04. The van der Waals surface area contributed by atoms with Crippen LogP contribution in [0.5, 0.6) is 11.5 Å². The first kappa shape index (κ1) is 21.9. The van der Waals surface area contributed by atoms with E-state index in [9.17, 15) is 0 Å². The van der Waals surface area contributed by atoms with Crippen molar-refractivity contribution in [1.82, 2.24) is 0 Å². The third-order valence-corrected chi connectivity index (χ3v) is 5.37. The Morgan fingerprint density at radius 1 is 0.828 bits per heavy atom. The Balaban J connectivity index is 1.77. The van der Waals surface area contributed by atoms with E-state index in [0.29, 0.717) is 50.3 Å². The minimum atomic E-state index is 0.181. The van der Waals surface area contributed by atoms with Crippen LogP contribution in [0.1, 0.15) is 18.1 Å².